The molecule has 2 saturated heterocycles. The van der Waals surface area contributed by atoms with Gasteiger partial charge in [0.2, 0.25) is 5.91 Å². The Kier molecular flexibility index (Phi) is 3.98. The molecule has 1 aliphatic carbocycles. The standard InChI is InChI=1S/C13H21N3O2S/c17-11(15-10-1-2-10)3-6-14-12-16-13(9-19-12)4-7-18-8-5-13/h10H,1-9H2,(H,14,16)(H,15,17). The summed E-state index contributed by atoms with van der Waals surface area (Å²) < 4.78 is 5.40. The molecule has 2 N–H and O–H groups in total. The number of carbonyl (C=O) groups excluding carboxylic acids is 1. The molecule has 3 aliphatic rings. The number of hydrogen-bond donors (Lipinski definition) is 2. The Morgan fingerprint density at radius 3 is 3.00 bits per heavy atom. The predicted octanol–water partition coefficient (Wildman–Crippen LogP) is 0.897. The molecule has 0 aromatic carbocycles. The highest BCUT2D eigenvalue weighted by Gasteiger charge is 2.38. The molecule has 1 saturated carbocycles. The number of hydrogen-bond acceptors (Lipinski definition) is 4. The number of ether oxygens (including phenoxy) is 1. The lowest BCUT2D eigenvalue weighted by molar-refractivity contribution is -0.121. The SMILES string of the molecule is O=C(CCN=C1NC2(CCOCC2)CS1)NC1CC1. The summed E-state index contributed by atoms with van der Waals surface area (Å²) in [5.41, 5.74) is 0.192. The topological polar surface area (TPSA) is 62.7 Å². The maximum absolute atomic E-state index is 11.5. The smallest absolute Gasteiger partial charge is 0.222 e. The summed E-state index contributed by atoms with van der Waals surface area (Å²) in [6, 6.07) is 0.449. The van der Waals surface area contributed by atoms with E-state index in [-0.39, 0.29) is 11.4 Å². The van der Waals surface area contributed by atoms with E-state index in [1.807, 2.05) is 0 Å². The molecule has 0 aromatic rings. The third-order valence-corrected chi connectivity index (χ3v) is 5.05. The van der Waals surface area contributed by atoms with Gasteiger partial charge in [-0.05, 0) is 25.7 Å². The number of thioether (sulfide) groups is 1. The first-order valence-corrected chi connectivity index (χ1v) is 8.07. The van der Waals surface area contributed by atoms with Crippen LogP contribution < -0.4 is 10.6 Å². The van der Waals surface area contributed by atoms with Crippen LogP contribution in [-0.2, 0) is 9.53 Å². The van der Waals surface area contributed by atoms with E-state index in [0.717, 1.165) is 49.8 Å². The van der Waals surface area contributed by atoms with Crippen molar-refractivity contribution in [3.05, 3.63) is 0 Å². The quantitative estimate of drug-likeness (QED) is 0.804. The summed E-state index contributed by atoms with van der Waals surface area (Å²) >= 11 is 1.78. The Labute approximate surface area is 117 Å². The first kappa shape index (κ1) is 13.2. The fourth-order valence-corrected chi connectivity index (χ4v) is 3.65. The van der Waals surface area contributed by atoms with Crippen LogP contribution in [0, 0.1) is 0 Å². The van der Waals surface area contributed by atoms with E-state index >= 15 is 0 Å². The predicted molar refractivity (Wildman–Crippen MR) is 76.5 cm³/mol. The Bertz CT molecular complexity index is 376. The van der Waals surface area contributed by atoms with Gasteiger partial charge in [0.25, 0.3) is 0 Å². The van der Waals surface area contributed by atoms with Gasteiger partial charge in [-0.3, -0.25) is 9.79 Å². The zero-order chi connectivity index (χ0) is 13.1. The van der Waals surface area contributed by atoms with E-state index in [4.69, 9.17) is 4.74 Å². The van der Waals surface area contributed by atoms with Crippen molar-refractivity contribution in [1.29, 1.82) is 0 Å². The van der Waals surface area contributed by atoms with Crippen LogP contribution in [0.2, 0.25) is 0 Å². The second-order valence-corrected chi connectivity index (χ2v) is 6.55. The van der Waals surface area contributed by atoms with Crippen LogP contribution in [0.15, 0.2) is 4.99 Å². The van der Waals surface area contributed by atoms with Gasteiger partial charge in [0.05, 0.1) is 12.1 Å². The lowest BCUT2D eigenvalue weighted by Crippen LogP contribution is -2.48. The highest BCUT2D eigenvalue weighted by atomic mass is 32.2. The highest BCUT2D eigenvalue weighted by molar-refractivity contribution is 8.14. The first-order valence-electron chi connectivity index (χ1n) is 7.08. The van der Waals surface area contributed by atoms with Crippen LogP contribution in [0.25, 0.3) is 0 Å². The van der Waals surface area contributed by atoms with Crippen molar-refractivity contribution in [3.63, 3.8) is 0 Å². The third-order valence-electron chi connectivity index (χ3n) is 3.84. The summed E-state index contributed by atoms with van der Waals surface area (Å²) in [6.07, 6.45) is 4.89. The maximum atomic E-state index is 11.5. The summed E-state index contributed by atoms with van der Waals surface area (Å²) in [5, 5.41) is 7.52. The Morgan fingerprint density at radius 2 is 2.26 bits per heavy atom. The molecule has 0 bridgehead atoms. The monoisotopic (exact) mass is 283 g/mol. The molecule has 2 heterocycles. The minimum absolute atomic E-state index is 0.135. The van der Waals surface area contributed by atoms with Gasteiger partial charge >= 0.3 is 0 Å². The van der Waals surface area contributed by atoms with Crippen LogP contribution in [0.3, 0.4) is 0 Å². The van der Waals surface area contributed by atoms with Crippen molar-refractivity contribution in [2.24, 2.45) is 4.99 Å². The Hall–Kier alpha value is -0.750. The average Bonchev–Trinajstić information content (AvgIpc) is 3.13. The van der Waals surface area contributed by atoms with Gasteiger partial charge in [0, 0.05) is 31.4 Å². The molecule has 2 aliphatic heterocycles. The number of carbonyl (C=O) groups is 1. The first-order chi connectivity index (χ1) is 9.26. The summed E-state index contributed by atoms with van der Waals surface area (Å²) in [6.45, 7) is 2.26. The van der Waals surface area contributed by atoms with Crippen molar-refractivity contribution < 1.29 is 9.53 Å². The summed E-state index contributed by atoms with van der Waals surface area (Å²) in [7, 11) is 0. The molecule has 3 rings (SSSR count). The van der Waals surface area contributed by atoms with Gasteiger partial charge in [-0.2, -0.15) is 0 Å². The molecular weight excluding hydrogens is 262 g/mol. The van der Waals surface area contributed by atoms with Crippen molar-refractivity contribution in [2.75, 3.05) is 25.5 Å². The highest BCUT2D eigenvalue weighted by Crippen LogP contribution is 2.31. The molecule has 6 heteroatoms. The molecule has 0 radical (unpaired) electrons. The zero-order valence-corrected chi connectivity index (χ0v) is 11.9. The van der Waals surface area contributed by atoms with Crippen LogP contribution >= 0.6 is 11.8 Å². The fourth-order valence-electron chi connectivity index (χ4n) is 2.41. The van der Waals surface area contributed by atoms with Gasteiger partial charge in [-0.1, -0.05) is 11.8 Å². The molecule has 1 spiro atoms. The van der Waals surface area contributed by atoms with Crippen LogP contribution in [0.5, 0.6) is 0 Å². The van der Waals surface area contributed by atoms with Gasteiger partial charge in [0.1, 0.15) is 0 Å². The normalized spacial score (nSPS) is 27.5. The van der Waals surface area contributed by atoms with Crippen LogP contribution in [0.1, 0.15) is 32.1 Å². The minimum atomic E-state index is 0.135. The van der Waals surface area contributed by atoms with E-state index in [1.165, 1.54) is 0 Å². The lowest BCUT2D eigenvalue weighted by atomic mass is 9.93. The average molecular weight is 283 g/mol. The molecule has 0 aromatic heterocycles. The second-order valence-electron chi connectivity index (χ2n) is 5.59. The number of nitrogens with zero attached hydrogens (tertiary/aromatic N) is 1. The van der Waals surface area contributed by atoms with Gasteiger partial charge in [-0.25, -0.2) is 0 Å². The van der Waals surface area contributed by atoms with Gasteiger partial charge in [0.15, 0.2) is 5.17 Å². The fraction of sp³-hybridized carbons (Fsp3) is 0.846. The molecule has 106 valence electrons. The molecule has 0 unspecified atom stereocenters. The molecule has 19 heavy (non-hydrogen) atoms. The molecule has 3 fully saturated rings. The third kappa shape index (κ3) is 3.63. The number of aliphatic imine (C=N–C) groups is 1. The summed E-state index contributed by atoms with van der Waals surface area (Å²) in [5.74, 6) is 1.21. The molecular formula is C13H21N3O2S. The Morgan fingerprint density at radius 1 is 1.47 bits per heavy atom. The minimum Gasteiger partial charge on any atom is -0.381 e. The van der Waals surface area contributed by atoms with Crippen molar-refractivity contribution in [2.45, 2.75) is 43.7 Å². The molecule has 5 nitrogen and oxygen atoms in total. The Balaban J connectivity index is 1.42. The summed E-state index contributed by atoms with van der Waals surface area (Å²) in [4.78, 5) is 16.0. The van der Waals surface area contributed by atoms with Crippen molar-refractivity contribution in [3.8, 4) is 0 Å². The van der Waals surface area contributed by atoms with E-state index in [9.17, 15) is 4.79 Å². The van der Waals surface area contributed by atoms with E-state index in [1.54, 1.807) is 11.8 Å². The van der Waals surface area contributed by atoms with Gasteiger partial charge < -0.3 is 15.4 Å². The lowest BCUT2D eigenvalue weighted by Gasteiger charge is -2.32. The van der Waals surface area contributed by atoms with E-state index in [2.05, 4.69) is 15.6 Å². The van der Waals surface area contributed by atoms with Crippen LogP contribution in [-0.4, -0.2) is 48.2 Å². The maximum Gasteiger partial charge on any atom is 0.222 e. The number of nitrogens with one attached hydrogen (secondary N) is 2. The van der Waals surface area contributed by atoms with Crippen molar-refractivity contribution >= 4 is 22.8 Å². The zero-order valence-electron chi connectivity index (χ0n) is 11.1. The van der Waals surface area contributed by atoms with Crippen LogP contribution in [0.4, 0.5) is 0 Å². The number of amidine groups is 1. The largest absolute Gasteiger partial charge is 0.381 e. The van der Waals surface area contributed by atoms with E-state index in [0.29, 0.717) is 19.0 Å². The second kappa shape index (κ2) is 5.71. The van der Waals surface area contributed by atoms with Crippen molar-refractivity contribution in [1.82, 2.24) is 10.6 Å². The van der Waals surface area contributed by atoms with E-state index < -0.39 is 0 Å². The van der Waals surface area contributed by atoms with Gasteiger partial charge in [-0.15, -0.1) is 0 Å². The molecule has 0 atom stereocenters. The number of rotatable bonds is 4. The number of amides is 1. The molecule has 1 amide bonds.